The SMILES string of the molecule is CCS(=O)CCNCc1ccc(OC)s1. The number of hydrogen-bond donors (Lipinski definition) is 1. The molecule has 0 aliphatic heterocycles. The molecule has 0 aromatic carbocycles. The molecule has 1 aromatic heterocycles. The van der Waals surface area contributed by atoms with Crippen LogP contribution in [0.2, 0.25) is 0 Å². The fourth-order valence-electron chi connectivity index (χ4n) is 1.10. The minimum absolute atomic E-state index is 0.665. The van der Waals surface area contributed by atoms with Crippen molar-refractivity contribution < 1.29 is 8.95 Å². The molecule has 0 bridgehead atoms. The zero-order valence-electron chi connectivity index (χ0n) is 9.12. The molecule has 0 fully saturated rings. The fourth-order valence-corrected chi connectivity index (χ4v) is 2.55. The van der Waals surface area contributed by atoms with Crippen molar-refractivity contribution in [2.75, 3.05) is 25.2 Å². The highest BCUT2D eigenvalue weighted by atomic mass is 32.2. The third-order valence-corrected chi connectivity index (χ3v) is 4.32. The van der Waals surface area contributed by atoms with Gasteiger partial charge in [-0.05, 0) is 12.1 Å². The predicted octanol–water partition coefficient (Wildman–Crippen LogP) is 1.61. The molecular formula is C10H17NO2S2. The summed E-state index contributed by atoms with van der Waals surface area (Å²) in [4.78, 5) is 1.24. The molecule has 3 nitrogen and oxygen atoms in total. The van der Waals surface area contributed by atoms with Crippen LogP contribution in [0.4, 0.5) is 0 Å². The summed E-state index contributed by atoms with van der Waals surface area (Å²) in [7, 11) is 1.01. The number of thiophene rings is 1. The van der Waals surface area contributed by atoms with E-state index in [0.29, 0.717) is 0 Å². The van der Waals surface area contributed by atoms with Crippen LogP contribution in [-0.4, -0.2) is 29.4 Å². The predicted molar refractivity (Wildman–Crippen MR) is 66.1 cm³/mol. The Labute approximate surface area is 97.3 Å². The molecule has 0 aliphatic carbocycles. The summed E-state index contributed by atoms with van der Waals surface area (Å²) < 4.78 is 16.2. The second-order valence-electron chi connectivity index (χ2n) is 3.03. The number of ether oxygens (including phenoxy) is 1. The summed E-state index contributed by atoms with van der Waals surface area (Å²) in [5.74, 6) is 1.48. The Bertz CT molecular complexity index is 312. The molecule has 0 aliphatic rings. The van der Waals surface area contributed by atoms with Gasteiger partial charge in [0, 0.05) is 40.3 Å². The van der Waals surface area contributed by atoms with E-state index in [9.17, 15) is 4.21 Å². The first-order valence-electron chi connectivity index (χ1n) is 4.94. The summed E-state index contributed by atoms with van der Waals surface area (Å²) in [6, 6.07) is 4.01. The van der Waals surface area contributed by atoms with Crippen LogP contribution >= 0.6 is 11.3 Å². The van der Waals surface area contributed by atoms with Crippen molar-refractivity contribution >= 4 is 22.1 Å². The lowest BCUT2D eigenvalue weighted by atomic mass is 10.4. The van der Waals surface area contributed by atoms with Crippen molar-refractivity contribution in [1.82, 2.24) is 5.32 Å². The number of methoxy groups -OCH3 is 1. The van der Waals surface area contributed by atoms with Crippen molar-refractivity contribution in [3.63, 3.8) is 0 Å². The van der Waals surface area contributed by atoms with Crippen molar-refractivity contribution in [2.45, 2.75) is 13.5 Å². The third-order valence-electron chi connectivity index (χ3n) is 1.97. The van der Waals surface area contributed by atoms with E-state index < -0.39 is 10.8 Å². The maximum absolute atomic E-state index is 11.1. The molecule has 1 rings (SSSR count). The Kier molecular flexibility index (Phi) is 5.90. The fraction of sp³-hybridized carbons (Fsp3) is 0.600. The van der Waals surface area contributed by atoms with Gasteiger partial charge in [0.2, 0.25) is 0 Å². The van der Waals surface area contributed by atoms with Crippen LogP contribution in [0.5, 0.6) is 5.06 Å². The van der Waals surface area contributed by atoms with Gasteiger partial charge in [0.1, 0.15) is 0 Å². The first-order chi connectivity index (χ1) is 7.26. The van der Waals surface area contributed by atoms with Crippen molar-refractivity contribution in [3.8, 4) is 5.06 Å². The quantitative estimate of drug-likeness (QED) is 0.744. The van der Waals surface area contributed by atoms with Gasteiger partial charge in [0.25, 0.3) is 0 Å². The van der Waals surface area contributed by atoms with Crippen LogP contribution in [0.25, 0.3) is 0 Å². The molecule has 0 spiro atoms. The lowest BCUT2D eigenvalue weighted by Crippen LogP contribution is -2.20. The maximum atomic E-state index is 11.1. The molecule has 1 aromatic rings. The minimum Gasteiger partial charge on any atom is -0.487 e. The van der Waals surface area contributed by atoms with Crippen molar-refractivity contribution in [1.29, 1.82) is 0 Å². The lowest BCUT2D eigenvalue weighted by molar-refractivity contribution is 0.427. The second kappa shape index (κ2) is 6.98. The average Bonchev–Trinajstić information content (AvgIpc) is 2.72. The first kappa shape index (κ1) is 12.7. The van der Waals surface area contributed by atoms with Crippen LogP contribution in [-0.2, 0) is 17.3 Å². The van der Waals surface area contributed by atoms with Crippen LogP contribution in [0.15, 0.2) is 12.1 Å². The molecule has 0 radical (unpaired) electrons. The van der Waals surface area contributed by atoms with Gasteiger partial charge in [-0.15, -0.1) is 11.3 Å². The standard InChI is InChI=1S/C10H17NO2S2/c1-3-15(12)7-6-11-8-9-4-5-10(13-2)14-9/h4-5,11H,3,6-8H2,1-2H3. The number of nitrogens with one attached hydrogen (secondary N) is 1. The Hall–Kier alpha value is -0.390. The van der Waals surface area contributed by atoms with E-state index in [0.717, 1.165) is 29.7 Å². The van der Waals surface area contributed by atoms with Crippen molar-refractivity contribution in [3.05, 3.63) is 17.0 Å². The molecule has 0 saturated carbocycles. The molecule has 1 heterocycles. The largest absolute Gasteiger partial charge is 0.487 e. The maximum Gasteiger partial charge on any atom is 0.173 e. The van der Waals surface area contributed by atoms with Gasteiger partial charge < -0.3 is 10.1 Å². The molecule has 1 atom stereocenters. The summed E-state index contributed by atoms with van der Waals surface area (Å²) in [6.45, 7) is 3.58. The molecule has 1 N–H and O–H groups in total. The Balaban J connectivity index is 2.17. The molecule has 1 unspecified atom stereocenters. The summed E-state index contributed by atoms with van der Waals surface area (Å²) in [6.07, 6.45) is 0. The van der Waals surface area contributed by atoms with Gasteiger partial charge in [-0.2, -0.15) is 0 Å². The van der Waals surface area contributed by atoms with E-state index in [-0.39, 0.29) is 0 Å². The van der Waals surface area contributed by atoms with Gasteiger partial charge in [-0.3, -0.25) is 4.21 Å². The molecule has 0 saturated heterocycles. The van der Waals surface area contributed by atoms with Crippen LogP contribution < -0.4 is 10.1 Å². The Morgan fingerprint density at radius 1 is 1.53 bits per heavy atom. The first-order valence-corrected chi connectivity index (χ1v) is 7.25. The molecular weight excluding hydrogens is 230 g/mol. The van der Waals surface area contributed by atoms with Crippen molar-refractivity contribution in [2.24, 2.45) is 0 Å². The Morgan fingerprint density at radius 2 is 2.33 bits per heavy atom. The van der Waals surface area contributed by atoms with Gasteiger partial charge in [-0.1, -0.05) is 6.92 Å². The highest BCUT2D eigenvalue weighted by molar-refractivity contribution is 7.84. The van der Waals surface area contributed by atoms with E-state index >= 15 is 0 Å². The zero-order chi connectivity index (χ0) is 11.1. The summed E-state index contributed by atoms with van der Waals surface area (Å²) in [5.41, 5.74) is 0. The van der Waals surface area contributed by atoms with E-state index in [1.165, 1.54) is 4.88 Å². The second-order valence-corrected chi connectivity index (χ2v) is 6.03. The minimum atomic E-state index is -0.665. The summed E-state index contributed by atoms with van der Waals surface area (Å²) >= 11 is 1.64. The lowest BCUT2D eigenvalue weighted by Gasteiger charge is -2.01. The topological polar surface area (TPSA) is 38.3 Å². The van der Waals surface area contributed by atoms with Gasteiger partial charge in [0.15, 0.2) is 5.06 Å². The highest BCUT2D eigenvalue weighted by Crippen LogP contribution is 2.23. The van der Waals surface area contributed by atoms with Crippen LogP contribution in [0.3, 0.4) is 0 Å². The number of rotatable bonds is 7. The molecule has 86 valence electrons. The van der Waals surface area contributed by atoms with E-state index in [1.807, 2.05) is 19.1 Å². The van der Waals surface area contributed by atoms with Gasteiger partial charge in [-0.25, -0.2) is 0 Å². The molecule has 15 heavy (non-hydrogen) atoms. The summed E-state index contributed by atoms with van der Waals surface area (Å²) in [5, 5.41) is 4.20. The molecule has 0 amide bonds. The monoisotopic (exact) mass is 247 g/mol. The third kappa shape index (κ3) is 4.77. The highest BCUT2D eigenvalue weighted by Gasteiger charge is 1.99. The van der Waals surface area contributed by atoms with Gasteiger partial charge >= 0.3 is 0 Å². The Morgan fingerprint density at radius 3 is 2.93 bits per heavy atom. The van der Waals surface area contributed by atoms with Gasteiger partial charge in [0.05, 0.1) is 7.11 Å². The van der Waals surface area contributed by atoms with E-state index in [2.05, 4.69) is 5.32 Å². The van der Waals surface area contributed by atoms with E-state index in [1.54, 1.807) is 18.4 Å². The normalized spacial score (nSPS) is 12.7. The zero-order valence-corrected chi connectivity index (χ0v) is 10.7. The number of hydrogen-bond acceptors (Lipinski definition) is 4. The van der Waals surface area contributed by atoms with E-state index in [4.69, 9.17) is 4.74 Å². The smallest absolute Gasteiger partial charge is 0.173 e. The molecule has 5 heteroatoms. The average molecular weight is 247 g/mol. The van der Waals surface area contributed by atoms with Crippen LogP contribution in [0.1, 0.15) is 11.8 Å². The van der Waals surface area contributed by atoms with Crippen LogP contribution in [0, 0.1) is 0 Å².